The zero-order valence-electron chi connectivity index (χ0n) is 50.4. The summed E-state index contributed by atoms with van der Waals surface area (Å²) in [6.45, 7) is 9.20. The molecule has 436 valence electrons. The monoisotopic (exact) mass is 1080 g/mol. The van der Waals surface area contributed by atoms with Crippen LogP contribution in [0.25, 0.3) is 0 Å². The minimum Gasteiger partial charge on any atom is -0.497 e. The van der Waals surface area contributed by atoms with Crippen LogP contribution in [0.3, 0.4) is 0 Å². The van der Waals surface area contributed by atoms with Gasteiger partial charge in [0.1, 0.15) is 11.5 Å². The Morgan fingerprint density at radius 3 is 2.09 bits per heavy atom. The molecule has 2 bridgehead atoms. The number of piperidine rings is 1. The lowest BCUT2D eigenvalue weighted by molar-refractivity contribution is -0.134. The Bertz CT molecular complexity index is 2230. The van der Waals surface area contributed by atoms with Crippen LogP contribution >= 0.6 is 0 Å². The van der Waals surface area contributed by atoms with Crippen LogP contribution in [0.1, 0.15) is 216 Å². The summed E-state index contributed by atoms with van der Waals surface area (Å²) in [7, 11) is 11.5. The van der Waals surface area contributed by atoms with E-state index in [0.29, 0.717) is 48.1 Å². The predicted molar refractivity (Wildman–Crippen MR) is 322 cm³/mol. The van der Waals surface area contributed by atoms with Crippen LogP contribution in [0.4, 0.5) is 0 Å². The number of methoxy groups -OCH3 is 3. The molecule has 2 saturated carbocycles. The van der Waals surface area contributed by atoms with Gasteiger partial charge in [-0.3, -0.25) is 9.59 Å². The maximum Gasteiger partial charge on any atom is 0.311 e. The maximum absolute atomic E-state index is 12.3. The van der Waals surface area contributed by atoms with Crippen LogP contribution in [-0.2, 0) is 33.6 Å². The number of nitrogens with zero attached hydrogens (tertiary/aromatic N) is 2. The minimum absolute atomic E-state index is 0.0510. The molecule has 0 aromatic heterocycles. The molecule has 1 aliphatic heterocycles. The molecule has 0 radical (unpaired) electrons. The van der Waals surface area contributed by atoms with Gasteiger partial charge in [0, 0.05) is 43.3 Å². The number of amides is 1. The molecule has 2 N–H and O–H groups in total. The van der Waals surface area contributed by atoms with Crippen molar-refractivity contribution in [3.05, 3.63) is 95.1 Å². The third-order valence-electron chi connectivity index (χ3n) is 17.5. The van der Waals surface area contributed by atoms with E-state index in [1.165, 1.54) is 122 Å². The second-order valence-corrected chi connectivity index (χ2v) is 24.0. The van der Waals surface area contributed by atoms with E-state index in [1.54, 1.807) is 38.5 Å². The molecular formula is C68H107N3O7. The average molecular weight is 1080 g/mol. The lowest BCUT2D eigenvalue weighted by atomic mass is 9.52. The first kappa shape index (κ1) is 64.4. The first-order valence-corrected chi connectivity index (χ1v) is 31.0. The SMILES string of the molecule is CCCCCCCCCCCCCCCC(=O)Oc1ccc(CNC(=O)CCCC/C=C/C(C)C)cc1OC.COc1ccc2c(c1)[C@]13CCCC[C@@H]1[C@H](C2)N(C)CC3.COc1cccc([C@@]2(O)CCCC[C@@H]2CN(C)C)c1. The van der Waals surface area contributed by atoms with Crippen molar-refractivity contribution in [1.29, 1.82) is 0 Å². The second-order valence-electron chi connectivity index (χ2n) is 24.0. The summed E-state index contributed by atoms with van der Waals surface area (Å²) < 4.78 is 21.8. The van der Waals surface area contributed by atoms with Crippen LogP contribution in [0, 0.1) is 17.8 Å². The summed E-state index contributed by atoms with van der Waals surface area (Å²) in [6, 6.07) is 20.9. The zero-order valence-corrected chi connectivity index (χ0v) is 50.4. The van der Waals surface area contributed by atoms with Crippen LogP contribution in [0.5, 0.6) is 23.0 Å². The molecule has 1 heterocycles. The van der Waals surface area contributed by atoms with E-state index in [4.69, 9.17) is 18.9 Å². The third kappa shape index (κ3) is 20.3. The van der Waals surface area contributed by atoms with Gasteiger partial charge in [0.25, 0.3) is 0 Å². The van der Waals surface area contributed by atoms with Gasteiger partial charge in [-0.05, 0) is 162 Å². The summed E-state index contributed by atoms with van der Waals surface area (Å²) >= 11 is 0. The maximum atomic E-state index is 12.3. The van der Waals surface area contributed by atoms with Gasteiger partial charge >= 0.3 is 5.97 Å². The topological polar surface area (TPSA) is 110 Å². The van der Waals surface area contributed by atoms with Crippen molar-refractivity contribution in [1.82, 2.24) is 15.1 Å². The third-order valence-corrected chi connectivity index (χ3v) is 17.5. The van der Waals surface area contributed by atoms with Gasteiger partial charge < -0.3 is 39.2 Å². The number of benzene rings is 3. The number of likely N-dealkylation sites (N-methyl/N-ethyl adjacent to an activating group) is 1. The van der Waals surface area contributed by atoms with E-state index < -0.39 is 5.60 Å². The minimum atomic E-state index is -0.711. The number of allylic oxidation sites excluding steroid dienone is 2. The number of fused-ring (bicyclic) bond motifs is 1. The zero-order chi connectivity index (χ0) is 56.2. The van der Waals surface area contributed by atoms with Crippen LogP contribution in [-0.4, -0.2) is 88.4 Å². The number of nitrogens with one attached hydrogen (secondary N) is 1. The highest BCUT2D eigenvalue weighted by Gasteiger charge is 2.53. The van der Waals surface area contributed by atoms with Gasteiger partial charge in [0.15, 0.2) is 11.5 Å². The summed E-state index contributed by atoms with van der Waals surface area (Å²) in [4.78, 5) is 29.3. The molecule has 0 unspecified atom stereocenters. The Morgan fingerprint density at radius 1 is 0.744 bits per heavy atom. The molecule has 78 heavy (non-hydrogen) atoms. The van der Waals surface area contributed by atoms with Gasteiger partial charge in [-0.1, -0.05) is 160 Å². The van der Waals surface area contributed by atoms with Gasteiger partial charge in [-0.15, -0.1) is 0 Å². The highest BCUT2D eigenvalue weighted by Crippen LogP contribution is 2.56. The fourth-order valence-electron chi connectivity index (χ4n) is 13.1. The van der Waals surface area contributed by atoms with Crippen LogP contribution < -0.4 is 24.3 Å². The van der Waals surface area contributed by atoms with Crippen molar-refractivity contribution in [2.75, 3.05) is 55.6 Å². The highest BCUT2D eigenvalue weighted by atomic mass is 16.6. The first-order chi connectivity index (χ1) is 37.8. The molecule has 7 rings (SSSR count). The van der Waals surface area contributed by atoms with E-state index in [0.717, 1.165) is 92.5 Å². The van der Waals surface area contributed by atoms with Crippen molar-refractivity contribution >= 4 is 11.9 Å². The quantitative estimate of drug-likeness (QED) is 0.0304. The normalized spacial score (nSPS) is 21.6. The molecular weight excluding hydrogens is 971 g/mol. The molecule has 0 spiro atoms. The predicted octanol–water partition coefficient (Wildman–Crippen LogP) is 15.5. The number of hydrogen-bond acceptors (Lipinski definition) is 9. The summed E-state index contributed by atoms with van der Waals surface area (Å²) in [5, 5.41) is 14.2. The average Bonchev–Trinajstić information content (AvgIpc) is 3.63. The lowest BCUT2D eigenvalue weighted by Gasteiger charge is -2.58. The molecule has 10 nitrogen and oxygen atoms in total. The number of carbonyl (C=O) groups is 2. The van der Waals surface area contributed by atoms with Crippen molar-refractivity contribution < 1.29 is 33.6 Å². The number of unbranched alkanes of at least 4 members (excludes halogenated alkanes) is 14. The molecule has 5 atom stereocenters. The van der Waals surface area contributed by atoms with Gasteiger partial charge in [-0.2, -0.15) is 0 Å². The van der Waals surface area contributed by atoms with E-state index >= 15 is 0 Å². The molecule has 3 aliphatic carbocycles. The molecule has 4 aliphatic rings. The Kier molecular flexibility index (Phi) is 28.7. The van der Waals surface area contributed by atoms with Crippen molar-refractivity contribution in [2.24, 2.45) is 17.8 Å². The van der Waals surface area contributed by atoms with Crippen molar-refractivity contribution in [3.8, 4) is 23.0 Å². The Balaban J connectivity index is 0.000000237. The fourth-order valence-corrected chi connectivity index (χ4v) is 13.1. The smallest absolute Gasteiger partial charge is 0.311 e. The molecule has 1 amide bonds. The second kappa shape index (κ2) is 34.7. The lowest BCUT2D eigenvalue weighted by Crippen LogP contribution is -2.59. The number of ether oxygens (including phenoxy) is 4. The van der Waals surface area contributed by atoms with Gasteiger partial charge in [0.05, 0.1) is 26.9 Å². The number of esters is 1. The summed E-state index contributed by atoms with van der Waals surface area (Å²) in [6.07, 6.45) is 37.4. The van der Waals surface area contributed by atoms with E-state index in [9.17, 15) is 14.7 Å². The fraction of sp³-hybridized carbons (Fsp3) is 0.676. The Morgan fingerprint density at radius 2 is 1.41 bits per heavy atom. The van der Waals surface area contributed by atoms with E-state index in [1.807, 2.05) is 36.4 Å². The molecule has 10 heteroatoms. The molecule has 3 fully saturated rings. The standard InChI is InChI=1S/C34H57NO4.C18H25NO.C16H25NO2/c1-5-6-7-8-9-10-11-12-13-14-15-16-21-24-34(37)39-31-26-25-30(27-32(31)38-4)28-35-33(36)23-20-18-17-19-22-29(2)3;1-19-10-9-18-8-4-3-5-15(18)17(19)11-13-6-7-14(20-2)12-16(13)18;1-17(2)12-14-7-4-5-10-16(14,18)13-8-6-9-15(11-13)19-3/h19,22,25-27,29H,5-18,20-21,23-24,28H2,1-4H3,(H,35,36);6-7,12,15,17H,3-5,8-11H2,1-2H3;6,8-9,11,14,18H,4-5,7,10,12H2,1-3H3/b22-19+;;/t;15-,17+,18+;14-,16+/m.11/s1. The van der Waals surface area contributed by atoms with E-state index in [2.05, 4.69) is 87.4 Å². The van der Waals surface area contributed by atoms with E-state index in [-0.39, 0.29) is 11.9 Å². The molecule has 3 aromatic carbocycles. The summed E-state index contributed by atoms with van der Waals surface area (Å²) in [5.74, 6) is 4.37. The molecule has 3 aromatic rings. The number of hydrogen-bond donors (Lipinski definition) is 2. The van der Waals surface area contributed by atoms with Gasteiger partial charge in [0.2, 0.25) is 5.91 Å². The molecule has 1 saturated heterocycles. The Labute approximate surface area is 474 Å². The number of likely N-dealkylation sites (tertiary alicyclic amines) is 1. The Hall–Kier alpha value is -4.38. The highest BCUT2D eigenvalue weighted by molar-refractivity contribution is 5.76. The van der Waals surface area contributed by atoms with Crippen molar-refractivity contribution in [3.63, 3.8) is 0 Å². The first-order valence-electron chi connectivity index (χ1n) is 31.0. The number of aliphatic hydroxyl groups is 1. The summed E-state index contributed by atoms with van der Waals surface area (Å²) in [5.41, 5.74) is 4.87. The largest absolute Gasteiger partial charge is 0.497 e. The number of carbonyl (C=O) groups excluding carboxylic acids is 2. The van der Waals surface area contributed by atoms with Crippen molar-refractivity contribution in [2.45, 2.75) is 224 Å². The van der Waals surface area contributed by atoms with Crippen LogP contribution in [0.15, 0.2) is 72.8 Å². The van der Waals surface area contributed by atoms with Gasteiger partial charge in [-0.25, -0.2) is 0 Å². The van der Waals surface area contributed by atoms with Crippen LogP contribution in [0.2, 0.25) is 0 Å². The number of rotatable bonds is 29.